The number of halogens is 1. The van der Waals surface area contributed by atoms with Crippen molar-refractivity contribution in [3.05, 3.63) is 64.1 Å². The first kappa shape index (κ1) is 17.1. The van der Waals surface area contributed by atoms with Crippen LogP contribution < -0.4 is 4.72 Å². The van der Waals surface area contributed by atoms with E-state index in [1.165, 1.54) is 0 Å². The molecule has 0 aliphatic carbocycles. The Hall–Kier alpha value is -1.21. The maximum Gasteiger partial charge on any atom is 0.240 e. The highest BCUT2D eigenvalue weighted by Crippen LogP contribution is 2.22. The molecule has 0 heterocycles. The average Bonchev–Trinajstić information content (AvgIpc) is 2.46. The quantitative estimate of drug-likeness (QED) is 0.833. The van der Waals surface area contributed by atoms with Gasteiger partial charge in [0.2, 0.25) is 10.0 Å². The molecule has 6 heteroatoms. The van der Waals surface area contributed by atoms with Gasteiger partial charge in [0.1, 0.15) is 5.60 Å². The molecule has 118 valence electrons. The Kier molecular flexibility index (Phi) is 5.07. The normalized spacial score (nSPS) is 14.5. The summed E-state index contributed by atoms with van der Waals surface area (Å²) in [6.07, 6.45) is 0. The monoisotopic (exact) mass is 383 g/mol. The van der Waals surface area contributed by atoms with Gasteiger partial charge in [-0.2, -0.15) is 0 Å². The van der Waals surface area contributed by atoms with Crippen molar-refractivity contribution in [2.24, 2.45) is 0 Å². The van der Waals surface area contributed by atoms with E-state index in [1.807, 2.05) is 6.92 Å². The molecule has 0 aromatic heterocycles. The molecular weight excluding hydrogens is 366 g/mol. The summed E-state index contributed by atoms with van der Waals surface area (Å²) in [5.41, 5.74) is 0.335. The zero-order valence-corrected chi connectivity index (χ0v) is 14.8. The summed E-state index contributed by atoms with van der Waals surface area (Å²) in [5.74, 6) is 0. The Balaban J connectivity index is 2.13. The molecule has 0 amide bonds. The molecule has 0 saturated heterocycles. The molecule has 0 aliphatic rings. The van der Waals surface area contributed by atoms with Crippen molar-refractivity contribution in [1.29, 1.82) is 0 Å². The number of sulfonamides is 1. The Bertz CT molecular complexity index is 738. The van der Waals surface area contributed by atoms with E-state index >= 15 is 0 Å². The summed E-state index contributed by atoms with van der Waals surface area (Å²) >= 11 is 3.33. The van der Waals surface area contributed by atoms with Gasteiger partial charge in [0, 0.05) is 11.0 Å². The number of aryl methyl sites for hydroxylation is 1. The first-order chi connectivity index (χ1) is 10.2. The second-order valence-electron chi connectivity index (χ2n) is 5.42. The summed E-state index contributed by atoms with van der Waals surface area (Å²) < 4.78 is 27.8. The summed E-state index contributed by atoms with van der Waals surface area (Å²) in [5, 5.41) is 10.5. The van der Waals surface area contributed by atoms with Gasteiger partial charge in [-0.25, -0.2) is 13.1 Å². The molecule has 22 heavy (non-hydrogen) atoms. The van der Waals surface area contributed by atoms with Gasteiger partial charge in [0.05, 0.1) is 4.90 Å². The summed E-state index contributed by atoms with van der Waals surface area (Å²) in [7, 11) is -3.65. The van der Waals surface area contributed by atoms with Crippen LogP contribution in [0.25, 0.3) is 0 Å². The minimum Gasteiger partial charge on any atom is -0.384 e. The largest absolute Gasteiger partial charge is 0.384 e. The minimum absolute atomic E-state index is 0.106. The Morgan fingerprint density at radius 1 is 1.09 bits per heavy atom. The second kappa shape index (κ2) is 6.50. The van der Waals surface area contributed by atoms with Crippen LogP contribution in [0.1, 0.15) is 18.1 Å². The second-order valence-corrected chi connectivity index (χ2v) is 8.10. The third kappa shape index (κ3) is 4.16. The molecule has 1 atom stereocenters. The molecule has 2 aromatic carbocycles. The lowest BCUT2D eigenvalue weighted by Gasteiger charge is -2.24. The zero-order valence-electron chi connectivity index (χ0n) is 12.4. The lowest BCUT2D eigenvalue weighted by atomic mass is 9.97. The Morgan fingerprint density at radius 3 is 2.18 bits per heavy atom. The van der Waals surface area contributed by atoms with Gasteiger partial charge in [-0.05, 0) is 43.7 Å². The van der Waals surface area contributed by atoms with Crippen molar-refractivity contribution in [1.82, 2.24) is 4.72 Å². The van der Waals surface area contributed by atoms with E-state index in [1.54, 1.807) is 55.5 Å². The van der Waals surface area contributed by atoms with Crippen molar-refractivity contribution in [3.63, 3.8) is 0 Å². The topological polar surface area (TPSA) is 66.4 Å². The van der Waals surface area contributed by atoms with Crippen LogP contribution in [0.2, 0.25) is 0 Å². The van der Waals surface area contributed by atoms with Crippen molar-refractivity contribution in [2.45, 2.75) is 24.3 Å². The number of hydrogen-bond donors (Lipinski definition) is 2. The highest BCUT2D eigenvalue weighted by Gasteiger charge is 2.26. The molecule has 2 rings (SSSR count). The third-order valence-corrected chi connectivity index (χ3v) is 5.35. The van der Waals surface area contributed by atoms with E-state index < -0.39 is 15.6 Å². The zero-order chi connectivity index (χ0) is 16.4. The van der Waals surface area contributed by atoms with Gasteiger partial charge in [-0.15, -0.1) is 0 Å². The maximum absolute atomic E-state index is 12.2. The molecule has 4 nitrogen and oxygen atoms in total. The predicted octanol–water partition coefficient (Wildman–Crippen LogP) is 2.94. The summed E-state index contributed by atoms with van der Waals surface area (Å²) in [4.78, 5) is 0.185. The van der Waals surface area contributed by atoms with Gasteiger partial charge in [0.15, 0.2) is 0 Å². The van der Waals surface area contributed by atoms with Crippen molar-refractivity contribution in [2.75, 3.05) is 6.54 Å². The molecule has 0 radical (unpaired) electrons. The molecule has 2 aromatic rings. The van der Waals surface area contributed by atoms with Crippen LogP contribution in [0.3, 0.4) is 0 Å². The third-order valence-electron chi connectivity index (χ3n) is 3.40. The fraction of sp³-hybridized carbons (Fsp3) is 0.250. The maximum atomic E-state index is 12.2. The predicted molar refractivity (Wildman–Crippen MR) is 90.1 cm³/mol. The van der Waals surface area contributed by atoms with Crippen molar-refractivity contribution in [3.8, 4) is 0 Å². The van der Waals surface area contributed by atoms with Crippen LogP contribution in [0, 0.1) is 6.92 Å². The summed E-state index contributed by atoms with van der Waals surface area (Å²) in [6.45, 7) is 3.36. The number of rotatable bonds is 5. The Morgan fingerprint density at radius 2 is 1.64 bits per heavy atom. The van der Waals surface area contributed by atoms with E-state index in [4.69, 9.17) is 0 Å². The van der Waals surface area contributed by atoms with Crippen LogP contribution in [0.5, 0.6) is 0 Å². The van der Waals surface area contributed by atoms with E-state index in [0.29, 0.717) is 5.56 Å². The van der Waals surface area contributed by atoms with Gasteiger partial charge < -0.3 is 5.11 Å². The number of aliphatic hydroxyl groups is 1. The number of hydrogen-bond acceptors (Lipinski definition) is 3. The minimum atomic E-state index is -3.65. The van der Waals surface area contributed by atoms with Crippen LogP contribution >= 0.6 is 15.9 Å². The standard InChI is InChI=1S/C16H18BrNO3S/c1-12-3-9-15(10-4-12)22(20,21)18-11-16(2,19)13-5-7-14(17)8-6-13/h3-10,18-19H,11H2,1-2H3. The molecule has 1 unspecified atom stereocenters. The molecule has 2 N–H and O–H groups in total. The van der Waals surface area contributed by atoms with Gasteiger partial charge in [0.25, 0.3) is 0 Å². The summed E-state index contributed by atoms with van der Waals surface area (Å²) in [6, 6.07) is 13.7. The lowest BCUT2D eigenvalue weighted by molar-refractivity contribution is 0.0627. The van der Waals surface area contributed by atoms with Crippen LogP contribution in [-0.4, -0.2) is 20.1 Å². The SMILES string of the molecule is Cc1ccc(S(=O)(=O)NCC(C)(O)c2ccc(Br)cc2)cc1. The average molecular weight is 384 g/mol. The smallest absolute Gasteiger partial charge is 0.240 e. The lowest BCUT2D eigenvalue weighted by Crippen LogP contribution is -2.38. The van der Waals surface area contributed by atoms with E-state index in [2.05, 4.69) is 20.7 Å². The van der Waals surface area contributed by atoms with E-state index in [-0.39, 0.29) is 11.4 Å². The van der Waals surface area contributed by atoms with E-state index in [0.717, 1.165) is 10.0 Å². The molecular formula is C16H18BrNO3S. The van der Waals surface area contributed by atoms with Crippen LogP contribution in [0.4, 0.5) is 0 Å². The van der Waals surface area contributed by atoms with Gasteiger partial charge in [-0.1, -0.05) is 45.8 Å². The van der Waals surface area contributed by atoms with Crippen molar-refractivity contribution < 1.29 is 13.5 Å². The molecule has 0 fully saturated rings. The van der Waals surface area contributed by atoms with Gasteiger partial charge >= 0.3 is 0 Å². The fourth-order valence-electron chi connectivity index (χ4n) is 1.95. The van der Waals surface area contributed by atoms with Crippen molar-refractivity contribution >= 4 is 26.0 Å². The number of nitrogens with one attached hydrogen (secondary N) is 1. The van der Waals surface area contributed by atoms with Crippen LogP contribution in [0.15, 0.2) is 57.9 Å². The van der Waals surface area contributed by atoms with Gasteiger partial charge in [-0.3, -0.25) is 0 Å². The Labute approximate surface area is 139 Å². The number of benzene rings is 2. The van der Waals surface area contributed by atoms with Crippen LogP contribution in [-0.2, 0) is 15.6 Å². The fourth-order valence-corrected chi connectivity index (χ4v) is 3.34. The molecule has 0 saturated carbocycles. The highest BCUT2D eigenvalue weighted by atomic mass is 79.9. The highest BCUT2D eigenvalue weighted by molar-refractivity contribution is 9.10. The first-order valence-corrected chi connectivity index (χ1v) is 9.03. The first-order valence-electron chi connectivity index (χ1n) is 6.75. The van der Waals surface area contributed by atoms with E-state index in [9.17, 15) is 13.5 Å². The molecule has 0 bridgehead atoms. The molecule has 0 aliphatic heterocycles. The molecule has 0 spiro atoms.